The van der Waals surface area contributed by atoms with Crippen LogP contribution in [0.4, 0.5) is 18.9 Å². The quantitative estimate of drug-likeness (QED) is 0.650. The summed E-state index contributed by atoms with van der Waals surface area (Å²) in [4.78, 5) is 29.0. The number of fused-ring (bicyclic) bond motifs is 1. The van der Waals surface area contributed by atoms with Gasteiger partial charge in [0, 0.05) is 5.69 Å². The summed E-state index contributed by atoms with van der Waals surface area (Å²) in [6.07, 6.45) is -4.66. The number of hydrogen-bond acceptors (Lipinski definition) is 5. The van der Waals surface area contributed by atoms with Gasteiger partial charge >= 0.3 is 12.1 Å². The Morgan fingerprint density at radius 2 is 2.10 bits per heavy atom. The number of carbonyl (C=O) groups is 1. The predicted molar refractivity (Wildman–Crippen MR) is 67.7 cm³/mol. The number of aromatic amines is 1. The number of ether oxygens (including phenoxy) is 1. The van der Waals surface area contributed by atoms with Crippen molar-refractivity contribution in [3.8, 4) is 0 Å². The van der Waals surface area contributed by atoms with Crippen LogP contribution >= 0.6 is 0 Å². The van der Waals surface area contributed by atoms with Crippen LogP contribution in [0, 0.1) is 0 Å². The molecule has 3 N–H and O–H groups in total. The number of H-pyrrole nitrogens is 1. The molecular weight excluding hydrogens is 291 g/mol. The molecule has 1 aromatic carbocycles. The summed E-state index contributed by atoms with van der Waals surface area (Å²) < 4.78 is 42.8. The summed E-state index contributed by atoms with van der Waals surface area (Å²) in [5.41, 5.74) is 2.01. The summed E-state index contributed by atoms with van der Waals surface area (Å²) in [5, 5.41) is 0. The van der Waals surface area contributed by atoms with Gasteiger partial charge in [0.1, 0.15) is 0 Å². The number of benzene rings is 1. The number of hydrogen-bond donors (Lipinski definition) is 2. The molecule has 0 aliphatic rings. The minimum absolute atomic E-state index is 0.0349. The average molecular weight is 301 g/mol. The standard InChI is InChI=1S/C12H10F3N3O3/c1-2-21-11(20)9-10(19)18-7-3-5(12(13,14)15)6(16)4-8(7)17-9/h3-4H,2,16H2,1H3,(H,18,19). The number of nitrogens with two attached hydrogens (primary N) is 1. The maximum atomic E-state index is 12.7. The van der Waals surface area contributed by atoms with Crippen LogP contribution < -0.4 is 11.3 Å². The SMILES string of the molecule is CCOC(=O)c1nc2cc(N)c(C(F)(F)F)cc2[nH]c1=O. The number of aromatic nitrogens is 2. The van der Waals surface area contributed by atoms with E-state index in [1.54, 1.807) is 6.92 Å². The van der Waals surface area contributed by atoms with Crippen LogP contribution in [0.1, 0.15) is 23.0 Å². The van der Waals surface area contributed by atoms with Gasteiger partial charge in [0.05, 0.1) is 23.2 Å². The lowest BCUT2D eigenvalue weighted by atomic mass is 10.1. The van der Waals surface area contributed by atoms with E-state index in [0.29, 0.717) is 6.07 Å². The summed E-state index contributed by atoms with van der Waals surface area (Å²) in [5.74, 6) is -0.959. The van der Waals surface area contributed by atoms with Gasteiger partial charge in [0.15, 0.2) is 0 Å². The Kier molecular flexibility index (Phi) is 3.58. The normalized spacial score (nSPS) is 11.6. The first-order valence-electron chi connectivity index (χ1n) is 5.82. The lowest BCUT2D eigenvalue weighted by Crippen LogP contribution is -2.22. The molecule has 0 aliphatic heterocycles. The first kappa shape index (κ1) is 14.8. The molecule has 112 valence electrons. The van der Waals surface area contributed by atoms with E-state index in [1.165, 1.54) is 0 Å². The third kappa shape index (κ3) is 2.81. The molecular formula is C12H10F3N3O3. The van der Waals surface area contributed by atoms with E-state index in [0.717, 1.165) is 6.07 Å². The van der Waals surface area contributed by atoms with Gasteiger partial charge in [-0.15, -0.1) is 0 Å². The van der Waals surface area contributed by atoms with Gasteiger partial charge in [-0.3, -0.25) is 4.79 Å². The van der Waals surface area contributed by atoms with Crippen LogP contribution in [-0.4, -0.2) is 22.5 Å². The molecule has 0 aliphatic carbocycles. The third-order valence-corrected chi connectivity index (χ3v) is 2.64. The zero-order valence-corrected chi connectivity index (χ0v) is 10.7. The number of rotatable bonds is 2. The highest BCUT2D eigenvalue weighted by molar-refractivity contribution is 5.90. The molecule has 0 unspecified atom stereocenters. The molecule has 0 fully saturated rings. The van der Waals surface area contributed by atoms with Crippen molar-refractivity contribution in [3.05, 3.63) is 33.7 Å². The van der Waals surface area contributed by atoms with Crippen LogP contribution in [0.2, 0.25) is 0 Å². The number of carbonyl (C=O) groups excluding carboxylic acids is 1. The van der Waals surface area contributed by atoms with Crippen LogP contribution in [0.3, 0.4) is 0 Å². The second kappa shape index (κ2) is 5.08. The van der Waals surface area contributed by atoms with Crippen LogP contribution in [0.5, 0.6) is 0 Å². The molecule has 2 rings (SSSR count). The van der Waals surface area contributed by atoms with Gasteiger partial charge in [-0.2, -0.15) is 13.2 Å². The fourth-order valence-electron chi connectivity index (χ4n) is 1.73. The van der Waals surface area contributed by atoms with E-state index in [-0.39, 0.29) is 17.6 Å². The Morgan fingerprint density at radius 3 is 2.67 bits per heavy atom. The molecule has 0 amide bonds. The molecule has 1 aromatic heterocycles. The molecule has 0 bridgehead atoms. The number of anilines is 1. The highest BCUT2D eigenvalue weighted by Crippen LogP contribution is 2.35. The predicted octanol–water partition coefficient (Wildman–Crippen LogP) is 1.70. The molecule has 0 atom stereocenters. The number of nitrogen functional groups attached to an aromatic ring is 1. The number of nitrogens with zero attached hydrogens (tertiary/aromatic N) is 1. The maximum Gasteiger partial charge on any atom is 0.418 e. The second-order valence-electron chi connectivity index (χ2n) is 4.09. The molecule has 6 nitrogen and oxygen atoms in total. The molecule has 0 saturated heterocycles. The fourth-order valence-corrected chi connectivity index (χ4v) is 1.73. The highest BCUT2D eigenvalue weighted by Gasteiger charge is 2.33. The van der Waals surface area contributed by atoms with Gasteiger partial charge in [0.2, 0.25) is 5.69 Å². The van der Waals surface area contributed by atoms with Gasteiger partial charge in [-0.1, -0.05) is 0 Å². The van der Waals surface area contributed by atoms with Gasteiger partial charge in [0.25, 0.3) is 5.56 Å². The summed E-state index contributed by atoms with van der Waals surface area (Å²) in [7, 11) is 0. The van der Waals surface area contributed by atoms with E-state index in [1.807, 2.05) is 0 Å². The van der Waals surface area contributed by atoms with Gasteiger partial charge in [-0.25, -0.2) is 9.78 Å². The van der Waals surface area contributed by atoms with Gasteiger partial charge < -0.3 is 15.5 Å². The molecule has 0 radical (unpaired) electrons. The Balaban J connectivity index is 2.66. The first-order chi connectivity index (χ1) is 9.74. The van der Waals surface area contributed by atoms with Crippen molar-refractivity contribution < 1.29 is 22.7 Å². The van der Waals surface area contributed by atoms with Crippen LogP contribution in [-0.2, 0) is 10.9 Å². The lowest BCUT2D eigenvalue weighted by molar-refractivity contribution is -0.136. The van der Waals surface area contributed by atoms with Crippen molar-refractivity contribution in [1.82, 2.24) is 9.97 Å². The number of nitrogens with one attached hydrogen (secondary N) is 1. The zero-order valence-electron chi connectivity index (χ0n) is 10.7. The third-order valence-electron chi connectivity index (χ3n) is 2.64. The maximum absolute atomic E-state index is 12.7. The molecule has 1 heterocycles. The average Bonchev–Trinajstić information content (AvgIpc) is 2.36. The fraction of sp³-hybridized carbons (Fsp3) is 0.250. The first-order valence-corrected chi connectivity index (χ1v) is 5.82. The summed E-state index contributed by atoms with van der Waals surface area (Å²) in [6.45, 7) is 1.58. The molecule has 2 aromatic rings. The topological polar surface area (TPSA) is 98.1 Å². The van der Waals surface area contributed by atoms with E-state index < -0.39 is 34.6 Å². The van der Waals surface area contributed by atoms with Crippen LogP contribution in [0.25, 0.3) is 11.0 Å². The van der Waals surface area contributed by atoms with Crippen molar-refractivity contribution in [2.75, 3.05) is 12.3 Å². The van der Waals surface area contributed by atoms with Crippen molar-refractivity contribution in [2.45, 2.75) is 13.1 Å². The molecule has 21 heavy (non-hydrogen) atoms. The molecule has 9 heteroatoms. The zero-order chi connectivity index (χ0) is 15.8. The Hall–Kier alpha value is -2.58. The van der Waals surface area contributed by atoms with Crippen molar-refractivity contribution >= 4 is 22.7 Å². The monoisotopic (exact) mass is 301 g/mol. The van der Waals surface area contributed by atoms with Crippen molar-refractivity contribution in [1.29, 1.82) is 0 Å². The Labute approximate surface area is 115 Å². The largest absolute Gasteiger partial charge is 0.461 e. The minimum atomic E-state index is -4.66. The smallest absolute Gasteiger partial charge is 0.418 e. The highest BCUT2D eigenvalue weighted by atomic mass is 19.4. The number of alkyl halides is 3. The van der Waals surface area contributed by atoms with Crippen LogP contribution in [0.15, 0.2) is 16.9 Å². The summed E-state index contributed by atoms with van der Waals surface area (Å²) in [6, 6.07) is 1.62. The van der Waals surface area contributed by atoms with Crippen molar-refractivity contribution in [2.24, 2.45) is 0 Å². The molecule has 0 spiro atoms. The van der Waals surface area contributed by atoms with Crippen molar-refractivity contribution in [3.63, 3.8) is 0 Å². The van der Waals surface area contributed by atoms with E-state index in [4.69, 9.17) is 5.73 Å². The Morgan fingerprint density at radius 1 is 1.43 bits per heavy atom. The second-order valence-corrected chi connectivity index (χ2v) is 4.09. The van der Waals surface area contributed by atoms with E-state index >= 15 is 0 Å². The van der Waals surface area contributed by atoms with E-state index in [9.17, 15) is 22.8 Å². The van der Waals surface area contributed by atoms with Gasteiger partial charge in [-0.05, 0) is 19.1 Å². The lowest BCUT2D eigenvalue weighted by Gasteiger charge is -2.11. The number of esters is 1. The summed E-state index contributed by atoms with van der Waals surface area (Å²) >= 11 is 0. The molecule has 0 saturated carbocycles. The van der Waals surface area contributed by atoms with E-state index in [2.05, 4.69) is 14.7 Å². The Bertz CT molecular complexity index is 768. The minimum Gasteiger partial charge on any atom is -0.461 e. The number of halogens is 3.